The molecule has 9 aromatic carbocycles. The van der Waals surface area contributed by atoms with Crippen LogP contribution in [0.15, 0.2) is 205 Å². The molecule has 2 aliphatic carbocycles. The van der Waals surface area contributed by atoms with Crippen LogP contribution in [-0.4, -0.2) is 0 Å². The molecule has 0 fully saturated rings. The van der Waals surface area contributed by atoms with Crippen LogP contribution in [0.1, 0.15) is 22.3 Å². The van der Waals surface area contributed by atoms with Gasteiger partial charge in [0.05, 0.1) is 11.1 Å². The van der Waals surface area contributed by atoms with E-state index in [0.29, 0.717) is 0 Å². The van der Waals surface area contributed by atoms with Crippen molar-refractivity contribution in [3.63, 3.8) is 0 Å². The van der Waals surface area contributed by atoms with Gasteiger partial charge in [0.15, 0.2) is 0 Å². The fourth-order valence-electron chi connectivity index (χ4n) is 9.93. The second kappa shape index (κ2) is 11.4. The molecule has 1 spiro atoms. The van der Waals surface area contributed by atoms with Crippen LogP contribution in [0.25, 0.3) is 66.1 Å². The molecule has 0 radical (unpaired) electrons. The third-order valence-electron chi connectivity index (χ3n) is 12.1. The molecule has 1 unspecified atom stereocenters. The molecular weight excluding hydrogens is 667 g/mol. The molecule has 0 saturated carbocycles. The molecule has 1 aromatic heterocycles. The van der Waals surface area contributed by atoms with Crippen molar-refractivity contribution in [1.29, 1.82) is 0 Å². The van der Waals surface area contributed by atoms with E-state index in [1.54, 1.807) is 0 Å². The number of para-hydroxylation sites is 2. The lowest BCUT2D eigenvalue weighted by atomic mass is 9.66. The fourth-order valence-corrected chi connectivity index (χ4v) is 9.93. The standard InChI is InChI=1S/C53H33NO/c1-2-17-35(18-3-1)54(48-27-14-16-34-15-4-5-19-37(34)48)36-29-30-46-43(33-36)39-21-7-6-20-38(39)40-22-8-11-25-44(40)53(46)45-26-12-9-23-41(45)51-47(53)31-32-50-52(51)42-24-10-13-28-49(42)55-50/h1-33H. The Balaban J connectivity index is 1.23. The van der Waals surface area contributed by atoms with E-state index in [4.69, 9.17) is 4.42 Å². The van der Waals surface area contributed by atoms with Gasteiger partial charge in [-0.3, -0.25) is 0 Å². The molecule has 0 aliphatic heterocycles. The first kappa shape index (κ1) is 30.3. The number of hydrogen-bond acceptors (Lipinski definition) is 2. The molecule has 0 N–H and O–H groups in total. The van der Waals surface area contributed by atoms with Crippen molar-refractivity contribution >= 4 is 49.8 Å². The number of hydrogen-bond donors (Lipinski definition) is 0. The summed E-state index contributed by atoms with van der Waals surface area (Å²) in [4.78, 5) is 2.42. The zero-order chi connectivity index (χ0) is 36.1. The molecule has 1 heterocycles. The Hall–Kier alpha value is -7.16. The lowest BCUT2D eigenvalue weighted by Crippen LogP contribution is -2.29. The maximum atomic E-state index is 6.53. The second-order valence-corrected chi connectivity index (χ2v) is 14.7. The number of anilines is 3. The van der Waals surface area contributed by atoms with Crippen LogP contribution < -0.4 is 4.90 Å². The van der Waals surface area contributed by atoms with E-state index in [1.165, 1.54) is 71.8 Å². The van der Waals surface area contributed by atoms with Crippen LogP contribution >= 0.6 is 0 Å². The maximum absolute atomic E-state index is 6.53. The van der Waals surface area contributed by atoms with Gasteiger partial charge in [0, 0.05) is 27.5 Å². The lowest BCUT2D eigenvalue weighted by molar-refractivity contribution is 0.668. The van der Waals surface area contributed by atoms with E-state index < -0.39 is 5.41 Å². The molecule has 12 rings (SSSR count). The quantitative estimate of drug-likeness (QED) is 0.183. The van der Waals surface area contributed by atoms with E-state index >= 15 is 0 Å². The van der Waals surface area contributed by atoms with Crippen molar-refractivity contribution in [2.45, 2.75) is 5.41 Å². The molecule has 0 amide bonds. The summed E-state index contributed by atoms with van der Waals surface area (Å²) in [5, 5.41) is 4.76. The highest BCUT2D eigenvalue weighted by molar-refractivity contribution is 6.16. The van der Waals surface area contributed by atoms with Crippen molar-refractivity contribution in [1.82, 2.24) is 0 Å². The molecule has 0 bridgehead atoms. The largest absolute Gasteiger partial charge is 0.456 e. The number of furan rings is 1. The maximum Gasteiger partial charge on any atom is 0.136 e. The zero-order valence-electron chi connectivity index (χ0n) is 29.9. The summed E-state index contributed by atoms with van der Waals surface area (Å²) >= 11 is 0. The molecule has 256 valence electrons. The number of benzene rings is 9. The monoisotopic (exact) mass is 699 g/mol. The Morgan fingerprint density at radius 2 is 0.964 bits per heavy atom. The SMILES string of the molecule is c1ccc(N(c2ccc3c(c2)-c2ccccc2-c2ccccc2C32c3ccccc3-c3c2ccc2oc4ccccc4c32)c2cccc3ccccc23)cc1. The van der Waals surface area contributed by atoms with Gasteiger partial charge >= 0.3 is 0 Å². The van der Waals surface area contributed by atoms with Crippen LogP contribution in [0.2, 0.25) is 0 Å². The lowest BCUT2D eigenvalue weighted by Gasteiger charge is -2.36. The Morgan fingerprint density at radius 1 is 0.364 bits per heavy atom. The van der Waals surface area contributed by atoms with Crippen molar-refractivity contribution in [3.8, 4) is 33.4 Å². The number of nitrogens with zero attached hydrogens (tertiary/aromatic N) is 1. The summed E-state index contributed by atoms with van der Waals surface area (Å²) in [5.41, 5.74) is 17.2. The van der Waals surface area contributed by atoms with Gasteiger partial charge in [-0.1, -0.05) is 158 Å². The molecular formula is C53H33NO. The summed E-state index contributed by atoms with van der Waals surface area (Å²) in [6, 6.07) is 73.5. The van der Waals surface area contributed by atoms with Crippen LogP contribution in [0, 0.1) is 0 Å². The van der Waals surface area contributed by atoms with E-state index in [1.807, 2.05) is 0 Å². The predicted octanol–water partition coefficient (Wildman–Crippen LogP) is 14.2. The smallest absolute Gasteiger partial charge is 0.136 e. The first-order valence-electron chi connectivity index (χ1n) is 19.0. The van der Waals surface area contributed by atoms with Crippen LogP contribution in [-0.2, 0) is 5.41 Å². The third-order valence-corrected chi connectivity index (χ3v) is 12.1. The minimum Gasteiger partial charge on any atom is -0.456 e. The molecule has 0 saturated heterocycles. The van der Waals surface area contributed by atoms with Crippen LogP contribution in [0.4, 0.5) is 17.1 Å². The van der Waals surface area contributed by atoms with Gasteiger partial charge in [-0.2, -0.15) is 0 Å². The first-order valence-corrected chi connectivity index (χ1v) is 19.0. The summed E-state index contributed by atoms with van der Waals surface area (Å²) < 4.78 is 6.53. The Morgan fingerprint density at radius 3 is 1.80 bits per heavy atom. The average molecular weight is 700 g/mol. The van der Waals surface area contributed by atoms with Gasteiger partial charge in [-0.25, -0.2) is 0 Å². The highest BCUT2D eigenvalue weighted by Gasteiger charge is 2.50. The van der Waals surface area contributed by atoms with Gasteiger partial charge in [0.1, 0.15) is 11.2 Å². The number of rotatable bonds is 3. The van der Waals surface area contributed by atoms with E-state index in [9.17, 15) is 0 Å². The molecule has 2 nitrogen and oxygen atoms in total. The van der Waals surface area contributed by atoms with Crippen molar-refractivity contribution in [3.05, 3.63) is 222 Å². The average Bonchev–Trinajstić information content (AvgIpc) is 3.75. The minimum absolute atomic E-state index is 0.598. The predicted molar refractivity (Wildman–Crippen MR) is 228 cm³/mol. The van der Waals surface area contributed by atoms with Gasteiger partial charge < -0.3 is 9.32 Å². The zero-order valence-corrected chi connectivity index (χ0v) is 29.9. The highest BCUT2D eigenvalue weighted by atomic mass is 16.3. The fraction of sp³-hybridized carbons (Fsp3) is 0.0189. The summed E-state index contributed by atoms with van der Waals surface area (Å²) in [5.74, 6) is 0. The normalized spacial score (nSPS) is 15.0. The Bertz CT molecular complexity index is 3170. The van der Waals surface area contributed by atoms with Crippen molar-refractivity contribution in [2.75, 3.05) is 4.90 Å². The van der Waals surface area contributed by atoms with Crippen LogP contribution in [0.3, 0.4) is 0 Å². The first-order chi connectivity index (χ1) is 27.3. The molecule has 1 atom stereocenters. The van der Waals surface area contributed by atoms with Crippen LogP contribution in [0.5, 0.6) is 0 Å². The molecule has 10 aromatic rings. The van der Waals surface area contributed by atoms with Crippen molar-refractivity contribution < 1.29 is 4.42 Å². The van der Waals surface area contributed by atoms with E-state index in [0.717, 1.165) is 33.6 Å². The minimum atomic E-state index is -0.598. The van der Waals surface area contributed by atoms with E-state index in [-0.39, 0.29) is 0 Å². The summed E-state index contributed by atoms with van der Waals surface area (Å²) in [6.07, 6.45) is 0. The molecule has 2 heteroatoms. The summed E-state index contributed by atoms with van der Waals surface area (Å²) in [6.45, 7) is 0. The van der Waals surface area contributed by atoms with Crippen molar-refractivity contribution in [2.24, 2.45) is 0 Å². The van der Waals surface area contributed by atoms with Gasteiger partial charge in [0.2, 0.25) is 0 Å². The van der Waals surface area contributed by atoms with Gasteiger partial charge in [0.25, 0.3) is 0 Å². The molecule has 55 heavy (non-hydrogen) atoms. The van der Waals surface area contributed by atoms with Gasteiger partial charge in [-0.05, 0) is 103 Å². The number of fused-ring (bicyclic) bond motifs is 17. The van der Waals surface area contributed by atoms with E-state index in [2.05, 4.69) is 205 Å². The highest BCUT2D eigenvalue weighted by Crippen LogP contribution is 2.63. The third kappa shape index (κ3) is 4.08. The Kier molecular flexibility index (Phi) is 6.29. The Labute approximate surface area is 319 Å². The summed E-state index contributed by atoms with van der Waals surface area (Å²) in [7, 11) is 0. The molecule has 2 aliphatic rings. The second-order valence-electron chi connectivity index (χ2n) is 14.7. The topological polar surface area (TPSA) is 16.4 Å². The van der Waals surface area contributed by atoms with Gasteiger partial charge in [-0.15, -0.1) is 0 Å².